The summed E-state index contributed by atoms with van der Waals surface area (Å²) in [4.78, 5) is 31.4. The van der Waals surface area contributed by atoms with Crippen molar-refractivity contribution in [2.24, 2.45) is 7.05 Å². The molecule has 1 aliphatic heterocycles. The van der Waals surface area contributed by atoms with E-state index >= 15 is 0 Å². The molecule has 0 fully saturated rings. The highest BCUT2D eigenvalue weighted by molar-refractivity contribution is 6.01. The van der Waals surface area contributed by atoms with Gasteiger partial charge < -0.3 is 14.3 Å². The van der Waals surface area contributed by atoms with Gasteiger partial charge in [0.15, 0.2) is 5.82 Å². The van der Waals surface area contributed by atoms with Gasteiger partial charge in [-0.2, -0.15) is 0 Å². The van der Waals surface area contributed by atoms with Crippen LogP contribution < -0.4 is 10.2 Å². The number of imidazole rings is 1. The first-order valence-electron chi connectivity index (χ1n) is 9.41. The third kappa shape index (κ3) is 3.63. The monoisotopic (exact) mass is 394 g/mol. The predicted molar refractivity (Wildman–Crippen MR) is 104 cm³/mol. The second kappa shape index (κ2) is 7.50. The molecule has 0 aliphatic carbocycles. The molecule has 1 atom stereocenters. The Morgan fingerprint density at radius 1 is 1.24 bits per heavy atom. The SMILES string of the molecule is Cc1nc2c(n1C)CC[C@H](NC(=O)c1nnc(Cc3ccccc3)o1)C(=O)N2C. The fourth-order valence-corrected chi connectivity index (χ4v) is 3.47. The zero-order valence-electron chi connectivity index (χ0n) is 16.5. The molecule has 0 bridgehead atoms. The Bertz CT molecular complexity index is 1060. The van der Waals surface area contributed by atoms with Crippen LogP contribution in [-0.2, 0) is 24.7 Å². The van der Waals surface area contributed by atoms with Crippen molar-refractivity contribution in [1.29, 1.82) is 0 Å². The fraction of sp³-hybridized carbons (Fsp3) is 0.350. The molecule has 1 aromatic carbocycles. The molecule has 9 heteroatoms. The van der Waals surface area contributed by atoms with Crippen molar-refractivity contribution in [3.8, 4) is 0 Å². The Morgan fingerprint density at radius 2 is 2.00 bits per heavy atom. The largest absolute Gasteiger partial charge is 0.417 e. The lowest BCUT2D eigenvalue weighted by molar-refractivity contribution is -0.120. The molecule has 1 aliphatic rings. The molecule has 2 amide bonds. The van der Waals surface area contributed by atoms with Crippen molar-refractivity contribution in [2.75, 3.05) is 11.9 Å². The maximum Gasteiger partial charge on any atom is 0.309 e. The second-order valence-electron chi connectivity index (χ2n) is 7.11. The summed E-state index contributed by atoms with van der Waals surface area (Å²) >= 11 is 0. The molecule has 4 rings (SSSR count). The number of anilines is 1. The number of hydrogen-bond acceptors (Lipinski definition) is 6. The number of amides is 2. The molecule has 29 heavy (non-hydrogen) atoms. The van der Waals surface area contributed by atoms with Gasteiger partial charge >= 0.3 is 11.8 Å². The van der Waals surface area contributed by atoms with Gasteiger partial charge in [-0.1, -0.05) is 30.3 Å². The van der Waals surface area contributed by atoms with Gasteiger partial charge in [0.2, 0.25) is 5.89 Å². The molecular formula is C20H22N6O3. The second-order valence-corrected chi connectivity index (χ2v) is 7.11. The van der Waals surface area contributed by atoms with Gasteiger partial charge in [0, 0.05) is 14.1 Å². The van der Waals surface area contributed by atoms with Gasteiger partial charge in [-0.25, -0.2) is 4.98 Å². The zero-order valence-corrected chi connectivity index (χ0v) is 16.5. The number of aryl methyl sites for hydroxylation is 1. The lowest BCUT2D eigenvalue weighted by Crippen LogP contribution is -2.47. The maximum absolute atomic E-state index is 12.8. The molecular weight excluding hydrogens is 372 g/mol. The van der Waals surface area contributed by atoms with E-state index in [1.54, 1.807) is 7.05 Å². The van der Waals surface area contributed by atoms with Crippen LogP contribution in [0.1, 0.15) is 40.1 Å². The Balaban J connectivity index is 1.45. The van der Waals surface area contributed by atoms with Crippen LogP contribution in [0.25, 0.3) is 0 Å². The van der Waals surface area contributed by atoms with E-state index in [0.29, 0.717) is 31.0 Å². The van der Waals surface area contributed by atoms with Gasteiger partial charge in [0.25, 0.3) is 5.91 Å². The lowest BCUT2D eigenvalue weighted by Gasteiger charge is -2.19. The van der Waals surface area contributed by atoms with Crippen molar-refractivity contribution in [1.82, 2.24) is 25.1 Å². The lowest BCUT2D eigenvalue weighted by atomic mass is 10.1. The molecule has 3 aromatic rings. The van der Waals surface area contributed by atoms with E-state index in [9.17, 15) is 9.59 Å². The van der Waals surface area contributed by atoms with Crippen molar-refractivity contribution >= 4 is 17.6 Å². The number of hydrogen-bond donors (Lipinski definition) is 1. The highest BCUT2D eigenvalue weighted by atomic mass is 16.4. The Morgan fingerprint density at radius 3 is 2.76 bits per heavy atom. The third-order valence-corrected chi connectivity index (χ3v) is 5.20. The smallest absolute Gasteiger partial charge is 0.309 e. The Hall–Kier alpha value is -3.49. The van der Waals surface area contributed by atoms with Gasteiger partial charge in [-0.05, 0) is 25.3 Å². The molecule has 0 saturated carbocycles. The summed E-state index contributed by atoms with van der Waals surface area (Å²) in [6.07, 6.45) is 1.52. The number of carbonyl (C=O) groups excluding carboxylic acids is 2. The third-order valence-electron chi connectivity index (χ3n) is 5.20. The number of nitrogens with zero attached hydrogens (tertiary/aromatic N) is 5. The number of rotatable bonds is 4. The molecule has 9 nitrogen and oxygen atoms in total. The number of benzene rings is 1. The molecule has 3 heterocycles. The minimum Gasteiger partial charge on any atom is -0.417 e. The van der Waals surface area contributed by atoms with Crippen molar-refractivity contribution in [3.63, 3.8) is 0 Å². The van der Waals surface area contributed by atoms with Gasteiger partial charge in [0.05, 0.1) is 12.1 Å². The number of aromatic nitrogens is 4. The molecule has 150 valence electrons. The molecule has 2 aromatic heterocycles. The van der Waals surface area contributed by atoms with Crippen molar-refractivity contribution in [2.45, 2.75) is 32.2 Å². The number of nitrogens with one attached hydrogen (secondary N) is 1. The first kappa shape index (κ1) is 18.9. The van der Waals surface area contributed by atoms with Crippen LogP contribution in [0.4, 0.5) is 5.82 Å². The summed E-state index contributed by atoms with van der Waals surface area (Å²) in [5.74, 6) is 0.890. The number of fused-ring (bicyclic) bond motifs is 1. The van der Waals surface area contributed by atoms with Gasteiger partial charge in [-0.3, -0.25) is 14.5 Å². The summed E-state index contributed by atoms with van der Waals surface area (Å²) in [6.45, 7) is 1.90. The highest BCUT2D eigenvalue weighted by Crippen LogP contribution is 2.26. The van der Waals surface area contributed by atoms with Crippen LogP contribution in [-0.4, -0.2) is 44.7 Å². The Kier molecular flexibility index (Phi) is 4.87. The number of carbonyl (C=O) groups is 2. The summed E-state index contributed by atoms with van der Waals surface area (Å²) in [5.41, 5.74) is 1.97. The van der Waals surface area contributed by atoms with E-state index < -0.39 is 11.9 Å². The average Bonchev–Trinajstić information content (AvgIpc) is 3.27. The van der Waals surface area contributed by atoms with Crippen LogP contribution >= 0.6 is 0 Å². The molecule has 0 spiro atoms. The highest BCUT2D eigenvalue weighted by Gasteiger charge is 2.33. The topological polar surface area (TPSA) is 106 Å². The standard InChI is InChI=1S/C20H22N6O3/c1-12-21-17-15(25(12)2)10-9-14(20(28)26(17)3)22-18(27)19-24-23-16(29-19)11-13-7-5-4-6-8-13/h4-8,14H,9-11H2,1-3H3,(H,22,27)/t14-/m0/s1. The Labute approximate surface area is 167 Å². The quantitative estimate of drug-likeness (QED) is 0.717. The van der Waals surface area contributed by atoms with E-state index in [1.165, 1.54) is 4.90 Å². The summed E-state index contributed by atoms with van der Waals surface area (Å²) in [5, 5.41) is 10.5. The van der Waals surface area contributed by atoms with E-state index in [1.807, 2.05) is 48.9 Å². The fourth-order valence-electron chi connectivity index (χ4n) is 3.47. The zero-order chi connectivity index (χ0) is 20.5. The van der Waals surface area contributed by atoms with Gasteiger partial charge in [0.1, 0.15) is 11.9 Å². The summed E-state index contributed by atoms with van der Waals surface area (Å²) < 4.78 is 7.46. The minimum atomic E-state index is -0.688. The maximum atomic E-state index is 12.8. The van der Waals surface area contributed by atoms with Crippen molar-refractivity contribution < 1.29 is 14.0 Å². The van der Waals surface area contributed by atoms with Crippen LogP contribution in [0.2, 0.25) is 0 Å². The molecule has 0 radical (unpaired) electrons. The van der Waals surface area contributed by atoms with Crippen LogP contribution in [0.3, 0.4) is 0 Å². The van der Waals surface area contributed by atoms with E-state index in [0.717, 1.165) is 17.1 Å². The molecule has 0 unspecified atom stereocenters. The summed E-state index contributed by atoms with van der Waals surface area (Å²) in [7, 11) is 3.59. The molecule has 0 saturated heterocycles. The van der Waals surface area contributed by atoms with Gasteiger partial charge in [-0.15, -0.1) is 10.2 Å². The minimum absolute atomic E-state index is 0.151. The average molecular weight is 394 g/mol. The van der Waals surface area contributed by atoms with E-state index in [4.69, 9.17) is 4.42 Å². The van der Waals surface area contributed by atoms with E-state index in [2.05, 4.69) is 20.5 Å². The first-order chi connectivity index (χ1) is 13.9. The normalized spacial score (nSPS) is 16.4. The van der Waals surface area contributed by atoms with E-state index in [-0.39, 0.29) is 11.8 Å². The molecule has 1 N–H and O–H groups in total. The number of likely N-dealkylation sites (N-methyl/N-ethyl adjacent to an activating group) is 1. The predicted octanol–water partition coefficient (Wildman–Crippen LogP) is 1.41. The van der Waals surface area contributed by atoms with Crippen LogP contribution in [0, 0.1) is 6.92 Å². The van der Waals surface area contributed by atoms with Crippen LogP contribution in [0.5, 0.6) is 0 Å². The first-order valence-corrected chi connectivity index (χ1v) is 9.41. The van der Waals surface area contributed by atoms with Crippen LogP contribution in [0.15, 0.2) is 34.7 Å². The van der Waals surface area contributed by atoms with Crippen molar-refractivity contribution in [3.05, 3.63) is 59.2 Å². The summed E-state index contributed by atoms with van der Waals surface area (Å²) in [6, 6.07) is 8.95.